The van der Waals surface area contributed by atoms with Gasteiger partial charge in [-0.3, -0.25) is 9.78 Å². The van der Waals surface area contributed by atoms with Crippen LogP contribution in [0.4, 0.5) is 0 Å². The second-order valence-corrected chi connectivity index (χ2v) is 9.81. The van der Waals surface area contributed by atoms with Gasteiger partial charge < -0.3 is 20.3 Å². The third kappa shape index (κ3) is 6.34. The Kier molecular flexibility index (Phi) is 9.16. The zero-order chi connectivity index (χ0) is 23.1. The third-order valence-electron chi connectivity index (χ3n) is 6.37. The number of aryl methyl sites for hydroxylation is 2. The number of aromatic nitrogens is 1. The molecule has 3 heterocycles. The number of methoxy groups -OCH3 is 1. The molecule has 0 bridgehead atoms. The number of hydrogen-bond donors (Lipinski definition) is 1. The normalized spacial score (nSPS) is 16.1. The highest BCUT2D eigenvalue weighted by molar-refractivity contribution is 7.80. The number of nitrogens with zero attached hydrogens (tertiary/aromatic N) is 3. The lowest BCUT2D eigenvalue weighted by atomic mass is 9.98. The fourth-order valence-corrected chi connectivity index (χ4v) is 5.50. The van der Waals surface area contributed by atoms with Gasteiger partial charge in [0.25, 0.3) is 5.91 Å². The first-order valence-corrected chi connectivity index (χ1v) is 12.5. The number of thiocarbonyl (C=S) groups is 1. The van der Waals surface area contributed by atoms with Crippen molar-refractivity contribution in [2.45, 2.75) is 58.2 Å². The summed E-state index contributed by atoms with van der Waals surface area (Å²) in [6.07, 6.45) is 5.62. The van der Waals surface area contributed by atoms with Crippen LogP contribution < -0.4 is 5.73 Å². The zero-order valence-electron chi connectivity index (χ0n) is 19.3. The molecule has 1 fully saturated rings. The molecule has 1 aliphatic rings. The van der Waals surface area contributed by atoms with Gasteiger partial charge in [-0.2, -0.15) is 11.3 Å². The smallest absolute Gasteiger partial charge is 0.250 e. The van der Waals surface area contributed by atoms with Crippen molar-refractivity contribution in [3.8, 4) is 0 Å². The van der Waals surface area contributed by atoms with Crippen molar-refractivity contribution < 1.29 is 9.53 Å². The van der Waals surface area contributed by atoms with Gasteiger partial charge in [-0.25, -0.2) is 0 Å². The number of pyridine rings is 1. The topological polar surface area (TPSA) is 71.7 Å². The number of primary amides is 1. The molecule has 1 amide bonds. The van der Waals surface area contributed by atoms with Gasteiger partial charge in [-0.1, -0.05) is 12.2 Å². The van der Waals surface area contributed by atoms with Crippen LogP contribution in [0.5, 0.6) is 0 Å². The summed E-state index contributed by atoms with van der Waals surface area (Å²) in [5.41, 5.74) is 9.18. The van der Waals surface area contributed by atoms with Gasteiger partial charge in [-0.15, -0.1) is 0 Å². The first-order valence-electron chi connectivity index (χ1n) is 11.2. The van der Waals surface area contributed by atoms with Crippen LogP contribution in [0.15, 0.2) is 29.1 Å². The lowest BCUT2D eigenvalue weighted by Crippen LogP contribution is -2.49. The Morgan fingerprint density at radius 2 is 2.16 bits per heavy atom. The maximum absolute atomic E-state index is 11.9. The van der Waals surface area contributed by atoms with Gasteiger partial charge >= 0.3 is 0 Å². The molecule has 2 N–H and O–H groups in total. The van der Waals surface area contributed by atoms with Crippen molar-refractivity contribution in [2.24, 2.45) is 5.73 Å². The monoisotopic (exact) mass is 474 g/mol. The lowest BCUT2D eigenvalue weighted by molar-refractivity contribution is 0.0996. The lowest BCUT2D eigenvalue weighted by Gasteiger charge is -2.41. The number of carbonyl (C=O) groups is 1. The minimum atomic E-state index is -0.392. The molecule has 1 atom stereocenters. The van der Waals surface area contributed by atoms with Gasteiger partial charge in [0.1, 0.15) is 4.99 Å². The van der Waals surface area contributed by atoms with E-state index < -0.39 is 5.91 Å². The molecule has 8 heteroatoms. The Morgan fingerprint density at radius 3 is 2.78 bits per heavy atom. The summed E-state index contributed by atoms with van der Waals surface area (Å²) in [6.45, 7) is 7.58. The van der Waals surface area contributed by atoms with E-state index in [0.29, 0.717) is 24.3 Å². The predicted molar refractivity (Wildman–Crippen MR) is 134 cm³/mol. The number of hydrogen-bond acceptors (Lipinski definition) is 6. The van der Waals surface area contributed by atoms with Crippen molar-refractivity contribution in [1.29, 1.82) is 0 Å². The number of carbonyl (C=O) groups excluding carboxylic acids is 1. The fraction of sp³-hybridized carbons (Fsp3) is 0.542. The van der Waals surface area contributed by atoms with Crippen molar-refractivity contribution in [3.63, 3.8) is 0 Å². The SMILES string of the molecule is COCC(=S)N(Cc1ccsc1)C1CCN([C@H](C)CCc2nccc(C)c2C(N)=O)CC1. The van der Waals surface area contributed by atoms with E-state index in [1.807, 2.05) is 13.0 Å². The molecule has 0 saturated carbocycles. The van der Waals surface area contributed by atoms with Gasteiger partial charge in [0, 0.05) is 45.0 Å². The van der Waals surface area contributed by atoms with Crippen LogP contribution in [0.1, 0.15) is 53.4 Å². The Bertz CT molecular complexity index is 895. The first-order chi connectivity index (χ1) is 15.4. The molecule has 2 aromatic heterocycles. The van der Waals surface area contributed by atoms with Crippen LogP contribution in [-0.4, -0.2) is 64.6 Å². The molecule has 0 aliphatic carbocycles. The average Bonchev–Trinajstić information content (AvgIpc) is 3.29. The molecule has 32 heavy (non-hydrogen) atoms. The van der Waals surface area contributed by atoms with Crippen LogP contribution in [0, 0.1) is 6.92 Å². The Balaban J connectivity index is 1.56. The van der Waals surface area contributed by atoms with Gasteiger partial charge in [0.2, 0.25) is 0 Å². The Labute approximate surface area is 200 Å². The maximum Gasteiger partial charge on any atom is 0.250 e. The number of ether oxygens (including phenoxy) is 1. The highest BCUT2D eigenvalue weighted by Crippen LogP contribution is 2.24. The highest BCUT2D eigenvalue weighted by Gasteiger charge is 2.28. The summed E-state index contributed by atoms with van der Waals surface area (Å²) < 4.78 is 5.33. The van der Waals surface area contributed by atoms with Crippen LogP contribution in [0.3, 0.4) is 0 Å². The van der Waals surface area contributed by atoms with Crippen LogP contribution in [-0.2, 0) is 17.7 Å². The Morgan fingerprint density at radius 1 is 1.41 bits per heavy atom. The summed E-state index contributed by atoms with van der Waals surface area (Å²) in [4.78, 5) is 22.1. The minimum Gasteiger partial charge on any atom is -0.378 e. The van der Waals surface area contributed by atoms with Crippen molar-refractivity contribution >= 4 is 34.5 Å². The van der Waals surface area contributed by atoms with E-state index in [-0.39, 0.29) is 0 Å². The molecule has 3 rings (SSSR count). The first kappa shape index (κ1) is 24.8. The van der Waals surface area contributed by atoms with E-state index in [2.05, 4.69) is 38.5 Å². The average molecular weight is 475 g/mol. The quantitative estimate of drug-likeness (QED) is 0.528. The maximum atomic E-state index is 11.9. The second-order valence-electron chi connectivity index (χ2n) is 8.55. The van der Waals surface area contributed by atoms with Gasteiger partial charge in [-0.05, 0) is 73.6 Å². The molecule has 2 aromatic rings. The van der Waals surface area contributed by atoms with E-state index in [0.717, 1.165) is 61.6 Å². The number of amides is 1. The molecule has 0 radical (unpaired) electrons. The molecule has 1 aliphatic heterocycles. The molecular formula is C24H34N4O2S2. The van der Waals surface area contributed by atoms with E-state index in [9.17, 15) is 4.79 Å². The summed E-state index contributed by atoms with van der Waals surface area (Å²) in [7, 11) is 1.70. The summed E-state index contributed by atoms with van der Waals surface area (Å²) in [5, 5.41) is 4.31. The number of likely N-dealkylation sites (tertiary alicyclic amines) is 1. The summed E-state index contributed by atoms with van der Waals surface area (Å²) in [6, 6.07) is 4.86. The van der Waals surface area contributed by atoms with E-state index >= 15 is 0 Å². The summed E-state index contributed by atoms with van der Waals surface area (Å²) in [5.74, 6) is -0.392. The molecule has 0 aromatic carbocycles. The second kappa shape index (κ2) is 11.8. The molecule has 6 nitrogen and oxygen atoms in total. The number of rotatable bonds is 10. The minimum absolute atomic E-state index is 0.392. The van der Waals surface area contributed by atoms with Crippen LogP contribution >= 0.6 is 23.6 Å². The fourth-order valence-electron chi connectivity index (χ4n) is 4.51. The third-order valence-corrected chi connectivity index (χ3v) is 7.45. The number of nitrogens with two attached hydrogens (primary N) is 1. The van der Waals surface area contributed by atoms with Crippen LogP contribution in [0.25, 0.3) is 0 Å². The van der Waals surface area contributed by atoms with Gasteiger partial charge in [0.15, 0.2) is 0 Å². The molecule has 0 spiro atoms. The molecule has 174 valence electrons. The standard InChI is InChI=1S/C24H34N4O2S2/c1-17-6-10-26-21(23(17)24(25)29)5-4-18(2)27-11-7-20(8-12-27)28(22(31)15-30-3)14-19-9-13-32-16-19/h6,9-10,13,16,18,20H,4-5,7-8,11-12,14-15H2,1-3H3,(H2,25,29)/t18-/m1/s1. The zero-order valence-corrected chi connectivity index (χ0v) is 20.9. The van der Waals surface area contributed by atoms with Crippen LogP contribution in [0.2, 0.25) is 0 Å². The van der Waals surface area contributed by atoms with Crippen molar-refractivity contribution in [1.82, 2.24) is 14.8 Å². The molecule has 0 unspecified atom stereocenters. The molecule has 1 saturated heterocycles. The summed E-state index contributed by atoms with van der Waals surface area (Å²) >= 11 is 7.42. The number of thiophene rings is 1. The van der Waals surface area contributed by atoms with E-state index in [1.54, 1.807) is 24.6 Å². The van der Waals surface area contributed by atoms with E-state index in [1.165, 1.54) is 5.56 Å². The van der Waals surface area contributed by atoms with E-state index in [4.69, 9.17) is 22.7 Å². The largest absolute Gasteiger partial charge is 0.378 e. The predicted octanol–water partition coefficient (Wildman–Crippen LogP) is 3.81. The van der Waals surface area contributed by atoms with Crippen molar-refractivity contribution in [3.05, 3.63) is 51.5 Å². The van der Waals surface area contributed by atoms with Gasteiger partial charge in [0.05, 0.1) is 17.9 Å². The number of piperidine rings is 1. The Hall–Kier alpha value is -1.87. The molecular weight excluding hydrogens is 440 g/mol. The highest BCUT2D eigenvalue weighted by atomic mass is 32.1. The van der Waals surface area contributed by atoms with Crippen molar-refractivity contribution in [2.75, 3.05) is 26.8 Å².